The van der Waals surface area contributed by atoms with Crippen molar-refractivity contribution in [3.8, 4) is 5.75 Å². The summed E-state index contributed by atoms with van der Waals surface area (Å²) in [7, 11) is 0. The molecule has 8 heteroatoms. The van der Waals surface area contributed by atoms with Crippen LogP contribution in [-0.4, -0.2) is 33.7 Å². The average molecular weight is 400 g/mol. The number of benzene rings is 1. The van der Waals surface area contributed by atoms with Crippen molar-refractivity contribution in [3.05, 3.63) is 63.2 Å². The number of aromatic nitrogens is 2. The predicted octanol–water partition coefficient (Wildman–Crippen LogP) is 1.62. The Hall–Kier alpha value is -2.68. The third-order valence-corrected chi connectivity index (χ3v) is 5.55. The van der Waals surface area contributed by atoms with Gasteiger partial charge in [0.05, 0.1) is 0 Å². The number of imidazole rings is 1. The molecule has 1 unspecified atom stereocenters. The first-order valence-corrected chi connectivity index (χ1v) is 9.96. The number of fused-ring (bicyclic) bond motifs is 2. The number of hydrogen-bond acceptors (Lipinski definition) is 6. The largest absolute Gasteiger partial charge is 0.491 e. The molecule has 0 spiro atoms. The van der Waals surface area contributed by atoms with E-state index < -0.39 is 6.10 Å². The van der Waals surface area contributed by atoms with Gasteiger partial charge >= 0.3 is 5.63 Å². The summed E-state index contributed by atoms with van der Waals surface area (Å²) >= 11 is 1.62. The molecule has 0 saturated heterocycles. The Morgan fingerprint density at radius 3 is 3.04 bits per heavy atom. The molecular weight excluding hydrogens is 378 g/mol. The number of aliphatic hydroxyl groups is 1. The van der Waals surface area contributed by atoms with E-state index in [1.807, 2.05) is 30.6 Å². The van der Waals surface area contributed by atoms with Gasteiger partial charge in [-0.15, -0.1) is 11.3 Å². The van der Waals surface area contributed by atoms with Gasteiger partial charge in [-0.2, -0.15) is 0 Å². The number of hydrogen-bond donors (Lipinski definition) is 2. The fourth-order valence-corrected chi connectivity index (χ4v) is 3.99. The van der Waals surface area contributed by atoms with Gasteiger partial charge in [-0.1, -0.05) is 0 Å². The molecule has 4 aromatic rings. The van der Waals surface area contributed by atoms with Crippen LogP contribution in [0.4, 0.5) is 0 Å². The summed E-state index contributed by atoms with van der Waals surface area (Å²) in [5.41, 5.74) is 3.13. The quantitative estimate of drug-likeness (QED) is 0.460. The fourth-order valence-electron chi connectivity index (χ4n) is 3.12. The highest BCUT2D eigenvalue weighted by molar-refractivity contribution is 7.15. The molecule has 1 atom stereocenters. The van der Waals surface area contributed by atoms with E-state index in [1.54, 1.807) is 17.4 Å². The highest BCUT2D eigenvalue weighted by Gasteiger charge is 2.11. The van der Waals surface area contributed by atoms with E-state index in [0.29, 0.717) is 24.4 Å². The van der Waals surface area contributed by atoms with Crippen molar-refractivity contribution in [1.29, 1.82) is 0 Å². The molecule has 0 fully saturated rings. The van der Waals surface area contributed by atoms with Crippen LogP contribution in [0.5, 0.6) is 5.75 Å². The van der Waals surface area contributed by atoms with Gasteiger partial charge in [0.25, 0.3) is 0 Å². The molecule has 0 aliphatic heterocycles. The number of aryl methyl sites for hydroxylation is 2. The van der Waals surface area contributed by atoms with Gasteiger partial charge in [0.1, 0.15) is 42.8 Å². The standard InChI is InChI=1S/C20H21N3O4S/c1-12-5-19(25)27-18-6-16(3-4-17(12)18)26-10-15(24)8-21-7-14-9-23-13(2)11-28-20(23)22-14/h3-6,9,11,15,21,24H,7-8,10H2,1-2H3/p+1. The minimum Gasteiger partial charge on any atom is -0.491 e. The zero-order valence-electron chi connectivity index (χ0n) is 15.7. The maximum atomic E-state index is 11.5. The number of ether oxygens (including phenoxy) is 1. The van der Waals surface area contributed by atoms with Gasteiger partial charge in [-0.05, 0) is 31.5 Å². The Bertz CT molecular complexity index is 1180. The maximum Gasteiger partial charge on any atom is 0.336 e. The first kappa shape index (κ1) is 18.7. The van der Waals surface area contributed by atoms with E-state index in [4.69, 9.17) is 9.15 Å². The topological polar surface area (TPSA) is 93.6 Å². The molecule has 3 aromatic heterocycles. The van der Waals surface area contributed by atoms with E-state index >= 15 is 0 Å². The van der Waals surface area contributed by atoms with Crippen LogP contribution in [-0.2, 0) is 6.54 Å². The van der Waals surface area contributed by atoms with Crippen LogP contribution in [0.1, 0.15) is 17.0 Å². The molecule has 0 aliphatic carbocycles. The monoisotopic (exact) mass is 400 g/mol. The average Bonchev–Trinajstić information content (AvgIpc) is 3.21. The van der Waals surface area contributed by atoms with Crippen molar-refractivity contribution in [2.24, 2.45) is 0 Å². The highest BCUT2D eigenvalue weighted by Crippen LogP contribution is 2.22. The molecule has 0 bridgehead atoms. The van der Waals surface area contributed by atoms with Gasteiger partial charge in [0.2, 0.25) is 0 Å². The zero-order valence-corrected chi connectivity index (χ0v) is 16.5. The molecule has 0 aliphatic rings. The van der Waals surface area contributed by atoms with Crippen molar-refractivity contribution < 1.29 is 19.6 Å². The van der Waals surface area contributed by atoms with Crippen LogP contribution in [0.15, 0.2) is 45.1 Å². The Morgan fingerprint density at radius 2 is 2.21 bits per heavy atom. The van der Waals surface area contributed by atoms with Crippen LogP contribution in [0.2, 0.25) is 0 Å². The van der Waals surface area contributed by atoms with Crippen molar-refractivity contribution >= 4 is 27.3 Å². The molecule has 3 heterocycles. The Balaban J connectivity index is 1.29. The fraction of sp³-hybridized carbons (Fsp3) is 0.300. The number of quaternary nitrogens is 1. The van der Waals surface area contributed by atoms with E-state index in [-0.39, 0.29) is 12.2 Å². The van der Waals surface area contributed by atoms with Crippen LogP contribution in [0.25, 0.3) is 15.9 Å². The first-order chi connectivity index (χ1) is 13.5. The maximum absolute atomic E-state index is 11.5. The third-order valence-electron chi connectivity index (χ3n) is 4.60. The smallest absolute Gasteiger partial charge is 0.336 e. The van der Waals surface area contributed by atoms with E-state index in [2.05, 4.69) is 21.7 Å². The molecule has 0 amide bonds. The van der Waals surface area contributed by atoms with Crippen LogP contribution in [0.3, 0.4) is 0 Å². The lowest BCUT2D eigenvalue weighted by molar-refractivity contribution is -0.677. The third kappa shape index (κ3) is 3.94. The second-order valence-corrected chi connectivity index (χ2v) is 7.70. The summed E-state index contributed by atoms with van der Waals surface area (Å²) in [6, 6.07) is 6.81. The second-order valence-electron chi connectivity index (χ2n) is 6.86. The Labute approximate surface area is 165 Å². The second kappa shape index (κ2) is 7.75. The van der Waals surface area contributed by atoms with Crippen molar-refractivity contribution in [2.45, 2.75) is 26.5 Å². The highest BCUT2D eigenvalue weighted by atomic mass is 32.1. The first-order valence-electron chi connectivity index (χ1n) is 9.09. The van der Waals surface area contributed by atoms with E-state index in [0.717, 1.165) is 21.6 Å². The SMILES string of the molecule is Cc1cc(=O)oc2cc(OCC(O)C[NH2+]Cc3cn4c(C)csc4n3)ccc12. The zero-order chi connectivity index (χ0) is 19.7. The number of aliphatic hydroxyl groups excluding tert-OH is 1. The molecule has 0 radical (unpaired) electrons. The summed E-state index contributed by atoms with van der Waals surface area (Å²) < 4.78 is 13.0. The lowest BCUT2D eigenvalue weighted by atomic mass is 10.1. The van der Waals surface area contributed by atoms with Gasteiger partial charge < -0.3 is 19.6 Å². The minimum atomic E-state index is -0.620. The van der Waals surface area contributed by atoms with Crippen LogP contribution < -0.4 is 15.7 Å². The van der Waals surface area contributed by atoms with Crippen molar-refractivity contribution in [1.82, 2.24) is 9.38 Å². The summed E-state index contributed by atoms with van der Waals surface area (Å²) in [6.45, 7) is 5.29. The number of rotatable bonds is 7. The molecule has 3 N–H and O–H groups in total. The normalized spacial score (nSPS) is 12.7. The predicted molar refractivity (Wildman–Crippen MR) is 107 cm³/mol. The molecule has 7 nitrogen and oxygen atoms in total. The summed E-state index contributed by atoms with van der Waals surface area (Å²) in [6.07, 6.45) is 1.41. The minimum absolute atomic E-state index is 0.162. The Kier molecular flexibility index (Phi) is 5.17. The summed E-state index contributed by atoms with van der Waals surface area (Å²) in [5.74, 6) is 0.560. The van der Waals surface area contributed by atoms with Crippen molar-refractivity contribution in [2.75, 3.05) is 13.2 Å². The van der Waals surface area contributed by atoms with E-state index in [9.17, 15) is 9.90 Å². The molecular formula is C20H22N3O4S+. The van der Waals surface area contributed by atoms with E-state index in [1.165, 1.54) is 11.8 Å². The van der Waals surface area contributed by atoms with Crippen LogP contribution in [0, 0.1) is 13.8 Å². The van der Waals surface area contributed by atoms with Crippen molar-refractivity contribution in [3.63, 3.8) is 0 Å². The lowest BCUT2D eigenvalue weighted by Gasteiger charge is -2.11. The lowest BCUT2D eigenvalue weighted by Crippen LogP contribution is -2.85. The molecule has 146 valence electrons. The summed E-state index contributed by atoms with van der Waals surface area (Å²) in [4.78, 5) is 17.1. The number of thiazole rings is 1. The van der Waals surface area contributed by atoms with Gasteiger partial charge in [-0.3, -0.25) is 4.40 Å². The molecule has 1 aromatic carbocycles. The van der Waals surface area contributed by atoms with Gasteiger partial charge in [-0.25, -0.2) is 9.78 Å². The van der Waals surface area contributed by atoms with Crippen LogP contribution >= 0.6 is 11.3 Å². The molecule has 0 saturated carbocycles. The summed E-state index contributed by atoms with van der Waals surface area (Å²) in [5, 5.41) is 15.1. The Morgan fingerprint density at radius 1 is 1.36 bits per heavy atom. The van der Waals surface area contributed by atoms with Gasteiger partial charge in [0, 0.05) is 34.8 Å². The molecule has 4 rings (SSSR count). The van der Waals surface area contributed by atoms with Gasteiger partial charge in [0.15, 0.2) is 4.96 Å². The molecule has 28 heavy (non-hydrogen) atoms. The number of nitrogens with zero attached hydrogens (tertiary/aromatic N) is 2. The number of nitrogens with two attached hydrogens (primary N) is 1.